The average Bonchev–Trinajstić information content (AvgIpc) is 3.20. The fourth-order valence-corrected chi connectivity index (χ4v) is 3.09. The topological polar surface area (TPSA) is 55.1 Å². The fraction of sp³-hybridized carbons (Fsp3) is 0.304. The molecule has 1 atom stereocenters. The Kier molecular flexibility index (Phi) is 7.12. The molecule has 0 amide bonds. The van der Waals surface area contributed by atoms with E-state index in [0.29, 0.717) is 19.6 Å². The Morgan fingerprint density at radius 3 is 2.64 bits per heavy atom. The number of hydrogen-bond donors (Lipinski definition) is 1. The first-order valence-electron chi connectivity index (χ1n) is 9.38. The van der Waals surface area contributed by atoms with Crippen LogP contribution >= 0.6 is 0 Å². The molecular formula is C23H27NO4. The first kappa shape index (κ1) is 20.0. The van der Waals surface area contributed by atoms with Gasteiger partial charge in [0.1, 0.15) is 30.0 Å². The molecule has 148 valence electrons. The van der Waals surface area contributed by atoms with Gasteiger partial charge in [-0.25, -0.2) is 0 Å². The molecule has 0 fully saturated rings. The van der Waals surface area contributed by atoms with Crippen molar-refractivity contribution in [2.75, 3.05) is 20.3 Å². The summed E-state index contributed by atoms with van der Waals surface area (Å²) in [5, 5.41) is 10.6. The standard InChI is InChI=1S/C23H27NO4/c1-18-7-3-4-11-23(18)28-17-20(25)15-24(16-22-10-6-12-27-22)14-19-8-5-9-21(13-19)26-2/h3-13,20,25H,14-17H2,1-2H3. The normalized spacial score (nSPS) is 12.1. The molecule has 0 saturated carbocycles. The summed E-state index contributed by atoms with van der Waals surface area (Å²) in [4.78, 5) is 2.14. The minimum Gasteiger partial charge on any atom is -0.497 e. The van der Waals surface area contributed by atoms with E-state index in [4.69, 9.17) is 13.9 Å². The van der Waals surface area contributed by atoms with E-state index in [9.17, 15) is 5.11 Å². The highest BCUT2D eigenvalue weighted by Crippen LogP contribution is 2.18. The Bertz CT molecular complexity index is 847. The van der Waals surface area contributed by atoms with E-state index in [-0.39, 0.29) is 6.61 Å². The minimum absolute atomic E-state index is 0.234. The molecule has 0 aliphatic heterocycles. The Morgan fingerprint density at radius 1 is 1.04 bits per heavy atom. The molecule has 28 heavy (non-hydrogen) atoms. The summed E-state index contributed by atoms with van der Waals surface area (Å²) < 4.78 is 16.6. The average molecular weight is 381 g/mol. The highest BCUT2D eigenvalue weighted by Gasteiger charge is 2.15. The smallest absolute Gasteiger partial charge is 0.122 e. The number of hydrogen-bond acceptors (Lipinski definition) is 5. The number of nitrogens with zero attached hydrogens (tertiary/aromatic N) is 1. The van der Waals surface area contributed by atoms with Crippen molar-refractivity contribution in [1.29, 1.82) is 0 Å². The molecule has 2 aromatic carbocycles. The maximum atomic E-state index is 10.6. The number of benzene rings is 2. The summed E-state index contributed by atoms with van der Waals surface area (Å²) in [6.07, 6.45) is 1.04. The number of aliphatic hydroxyl groups excluding tert-OH is 1. The molecule has 0 aliphatic carbocycles. The van der Waals surface area contributed by atoms with Gasteiger partial charge >= 0.3 is 0 Å². The van der Waals surface area contributed by atoms with Crippen LogP contribution in [0.4, 0.5) is 0 Å². The Morgan fingerprint density at radius 2 is 1.89 bits per heavy atom. The number of aliphatic hydroxyl groups is 1. The zero-order valence-electron chi connectivity index (χ0n) is 16.4. The van der Waals surface area contributed by atoms with E-state index in [2.05, 4.69) is 4.90 Å². The van der Waals surface area contributed by atoms with Gasteiger partial charge in [0, 0.05) is 13.1 Å². The highest BCUT2D eigenvalue weighted by molar-refractivity contribution is 5.31. The van der Waals surface area contributed by atoms with Gasteiger partial charge < -0.3 is 19.0 Å². The molecule has 0 saturated heterocycles. The van der Waals surface area contributed by atoms with Crippen LogP contribution in [0.2, 0.25) is 0 Å². The Hall–Kier alpha value is -2.76. The lowest BCUT2D eigenvalue weighted by Crippen LogP contribution is -2.35. The first-order valence-corrected chi connectivity index (χ1v) is 9.38. The highest BCUT2D eigenvalue weighted by atomic mass is 16.5. The van der Waals surface area contributed by atoms with Gasteiger partial charge in [0.25, 0.3) is 0 Å². The predicted molar refractivity (Wildman–Crippen MR) is 108 cm³/mol. The summed E-state index contributed by atoms with van der Waals surface area (Å²) in [5.41, 5.74) is 2.16. The molecule has 3 rings (SSSR count). The van der Waals surface area contributed by atoms with Crippen molar-refractivity contribution in [3.8, 4) is 11.5 Å². The molecule has 1 unspecified atom stereocenters. The summed E-state index contributed by atoms with van der Waals surface area (Å²) in [6.45, 7) is 3.96. The van der Waals surface area contributed by atoms with Gasteiger partial charge in [0.2, 0.25) is 0 Å². The molecule has 0 spiro atoms. The van der Waals surface area contributed by atoms with E-state index >= 15 is 0 Å². The fourth-order valence-electron chi connectivity index (χ4n) is 3.09. The summed E-state index contributed by atoms with van der Waals surface area (Å²) >= 11 is 0. The van der Waals surface area contributed by atoms with Crippen LogP contribution in [-0.4, -0.2) is 36.4 Å². The molecule has 0 bridgehead atoms. The number of rotatable bonds is 10. The Balaban J connectivity index is 1.63. The van der Waals surface area contributed by atoms with E-state index in [1.165, 1.54) is 0 Å². The first-order chi connectivity index (χ1) is 13.6. The van der Waals surface area contributed by atoms with Crippen molar-refractivity contribution in [2.45, 2.75) is 26.1 Å². The van der Waals surface area contributed by atoms with Crippen LogP contribution in [-0.2, 0) is 13.1 Å². The van der Waals surface area contributed by atoms with Gasteiger partial charge in [-0.05, 0) is 48.4 Å². The quantitative estimate of drug-likeness (QED) is 0.574. The van der Waals surface area contributed by atoms with Crippen LogP contribution in [0, 0.1) is 6.92 Å². The maximum Gasteiger partial charge on any atom is 0.122 e. The zero-order chi connectivity index (χ0) is 19.8. The van der Waals surface area contributed by atoms with Gasteiger partial charge in [-0.15, -0.1) is 0 Å². The second kappa shape index (κ2) is 9.97. The molecule has 0 radical (unpaired) electrons. The number of ether oxygens (including phenoxy) is 2. The number of aryl methyl sites for hydroxylation is 1. The van der Waals surface area contributed by atoms with Gasteiger partial charge in [-0.2, -0.15) is 0 Å². The summed E-state index contributed by atoms with van der Waals surface area (Å²) in [5.74, 6) is 2.47. The summed E-state index contributed by atoms with van der Waals surface area (Å²) in [6, 6.07) is 19.6. The van der Waals surface area contributed by atoms with E-state index in [1.807, 2.05) is 67.6 Å². The van der Waals surface area contributed by atoms with Crippen molar-refractivity contribution in [3.63, 3.8) is 0 Å². The molecule has 0 aliphatic rings. The van der Waals surface area contributed by atoms with Crippen LogP contribution in [0.3, 0.4) is 0 Å². The van der Waals surface area contributed by atoms with Crippen LogP contribution in [0.1, 0.15) is 16.9 Å². The van der Waals surface area contributed by atoms with Crippen LogP contribution in [0.5, 0.6) is 11.5 Å². The lowest BCUT2D eigenvalue weighted by Gasteiger charge is -2.25. The number of furan rings is 1. The zero-order valence-corrected chi connectivity index (χ0v) is 16.4. The van der Waals surface area contributed by atoms with Crippen molar-refractivity contribution < 1.29 is 19.0 Å². The molecule has 1 heterocycles. The van der Waals surface area contributed by atoms with Crippen molar-refractivity contribution >= 4 is 0 Å². The van der Waals surface area contributed by atoms with E-state index in [1.54, 1.807) is 13.4 Å². The van der Waals surface area contributed by atoms with E-state index < -0.39 is 6.10 Å². The van der Waals surface area contributed by atoms with Crippen molar-refractivity contribution in [3.05, 3.63) is 83.8 Å². The second-order valence-corrected chi connectivity index (χ2v) is 6.83. The predicted octanol–water partition coefficient (Wildman–Crippen LogP) is 4.04. The van der Waals surface area contributed by atoms with Gasteiger partial charge in [-0.1, -0.05) is 30.3 Å². The van der Waals surface area contributed by atoms with Gasteiger partial charge in [0.05, 0.1) is 19.9 Å². The van der Waals surface area contributed by atoms with Crippen LogP contribution in [0.25, 0.3) is 0 Å². The maximum absolute atomic E-state index is 10.6. The largest absolute Gasteiger partial charge is 0.497 e. The van der Waals surface area contributed by atoms with Crippen LogP contribution < -0.4 is 9.47 Å². The summed E-state index contributed by atoms with van der Waals surface area (Å²) in [7, 11) is 1.66. The van der Waals surface area contributed by atoms with Gasteiger partial charge in [0.15, 0.2) is 0 Å². The third-order valence-electron chi connectivity index (χ3n) is 4.49. The Labute approximate surface area is 166 Å². The second-order valence-electron chi connectivity index (χ2n) is 6.83. The lowest BCUT2D eigenvalue weighted by molar-refractivity contribution is 0.0602. The molecular weight excluding hydrogens is 354 g/mol. The minimum atomic E-state index is -0.625. The van der Waals surface area contributed by atoms with Crippen molar-refractivity contribution in [2.24, 2.45) is 0 Å². The third-order valence-corrected chi connectivity index (χ3v) is 4.49. The number of para-hydroxylation sites is 1. The monoisotopic (exact) mass is 381 g/mol. The molecule has 3 aromatic rings. The molecule has 1 aromatic heterocycles. The van der Waals surface area contributed by atoms with Gasteiger partial charge in [-0.3, -0.25) is 4.90 Å². The van der Waals surface area contributed by atoms with Crippen molar-refractivity contribution in [1.82, 2.24) is 4.90 Å². The SMILES string of the molecule is COc1cccc(CN(Cc2ccco2)CC(O)COc2ccccc2C)c1. The number of methoxy groups -OCH3 is 1. The third kappa shape index (κ3) is 5.87. The molecule has 5 heteroatoms. The molecule has 1 N–H and O–H groups in total. The molecule has 5 nitrogen and oxygen atoms in total. The van der Waals surface area contributed by atoms with E-state index in [0.717, 1.165) is 28.4 Å². The lowest BCUT2D eigenvalue weighted by atomic mass is 10.2. The van der Waals surface area contributed by atoms with Crippen LogP contribution in [0.15, 0.2) is 71.3 Å².